The number of hydrogen-bond acceptors (Lipinski definition) is 2. The van der Waals surface area contributed by atoms with Crippen LogP contribution >= 0.6 is 15.9 Å². The Kier molecular flexibility index (Phi) is 4.09. The molecule has 16 heavy (non-hydrogen) atoms. The summed E-state index contributed by atoms with van der Waals surface area (Å²) >= 11 is 3.56. The third kappa shape index (κ3) is 2.51. The fraction of sp³-hybridized carbons (Fsp3) is 0.692. The number of nitrogens with one attached hydrogen (secondary N) is 1. The van der Waals surface area contributed by atoms with Gasteiger partial charge in [0, 0.05) is 0 Å². The van der Waals surface area contributed by atoms with Crippen molar-refractivity contribution in [1.82, 2.24) is 5.32 Å². The number of furan rings is 1. The molecule has 0 aromatic carbocycles. The van der Waals surface area contributed by atoms with Gasteiger partial charge >= 0.3 is 0 Å². The van der Waals surface area contributed by atoms with Crippen molar-refractivity contribution in [3.05, 3.63) is 22.6 Å². The largest absolute Gasteiger partial charge is 0.466 e. The van der Waals surface area contributed by atoms with E-state index in [4.69, 9.17) is 4.42 Å². The molecule has 1 saturated carbocycles. The van der Waals surface area contributed by atoms with Crippen molar-refractivity contribution >= 4 is 15.9 Å². The van der Waals surface area contributed by atoms with E-state index < -0.39 is 0 Å². The van der Waals surface area contributed by atoms with Crippen LogP contribution in [0.4, 0.5) is 0 Å². The van der Waals surface area contributed by atoms with Crippen molar-refractivity contribution in [2.24, 2.45) is 11.8 Å². The Bertz CT molecular complexity index is 336. The molecule has 1 N–H and O–H groups in total. The lowest BCUT2D eigenvalue weighted by molar-refractivity contribution is 0.211. The number of halogens is 1. The molecule has 90 valence electrons. The van der Waals surface area contributed by atoms with E-state index in [9.17, 15) is 0 Å². The van der Waals surface area contributed by atoms with Gasteiger partial charge in [-0.25, -0.2) is 0 Å². The third-order valence-corrected chi connectivity index (χ3v) is 4.34. The topological polar surface area (TPSA) is 25.2 Å². The SMILES string of the molecule is CNC(c1occc1Br)C1CCCC(C)C1. The van der Waals surface area contributed by atoms with Crippen LogP contribution in [0.5, 0.6) is 0 Å². The summed E-state index contributed by atoms with van der Waals surface area (Å²) in [6.45, 7) is 2.36. The summed E-state index contributed by atoms with van der Waals surface area (Å²) in [7, 11) is 2.03. The second kappa shape index (κ2) is 5.37. The Hall–Kier alpha value is -0.280. The maximum absolute atomic E-state index is 5.60. The van der Waals surface area contributed by atoms with Gasteiger partial charge < -0.3 is 9.73 Å². The summed E-state index contributed by atoms with van der Waals surface area (Å²) in [5, 5.41) is 3.41. The summed E-state index contributed by atoms with van der Waals surface area (Å²) < 4.78 is 6.68. The van der Waals surface area contributed by atoms with E-state index in [1.165, 1.54) is 25.7 Å². The van der Waals surface area contributed by atoms with Crippen molar-refractivity contribution in [2.45, 2.75) is 38.6 Å². The van der Waals surface area contributed by atoms with Gasteiger partial charge in [-0.15, -0.1) is 0 Å². The Morgan fingerprint density at radius 2 is 2.31 bits per heavy atom. The molecule has 0 saturated heterocycles. The van der Waals surface area contributed by atoms with Gasteiger partial charge in [-0.05, 0) is 53.7 Å². The van der Waals surface area contributed by atoms with Gasteiger partial charge in [-0.3, -0.25) is 0 Å². The monoisotopic (exact) mass is 285 g/mol. The normalized spacial score (nSPS) is 27.9. The molecule has 0 radical (unpaired) electrons. The molecule has 0 bridgehead atoms. The quantitative estimate of drug-likeness (QED) is 0.903. The second-order valence-electron chi connectivity index (χ2n) is 4.93. The summed E-state index contributed by atoms with van der Waals surface area (Å²) in [4.78, 5) is 0. The molecule has 1 heterocycles. The molecule has 1 aliphatic carbocycles. The van der Waals surface area contributed by atoms with E-state index in [1.54, 1.807) is 6.26 Å². The van der Waals surface area contributed by atoms with Crippen LogP contribution in [0, 0.1) is 11.8 Å². The first-order chi connectivity index (χ1) is 7.72. The molecule has 3 heteroatoms. The van der Waals surface area contributed by atoms with Crippen molar-refractivity contribution < 1.29 is 4.42 Å². The van der Waals surface area contributed by atoms with Crippen LogP contribution in [-0.4, -0.2) is 7.05 Å². The highest BCUT2D eigenvalue weighted by Gasteiger charge is 2.29. The zero-order valence-electron chi connectivity index (χ0n) is 10.0. The van der Waals surface area contributed by atoms with E-state index in [0.29, 0.717) is 12.0 Å². The van der Waals surface area contributed by atoms with Gasteiger partial charge in [0.25, 0.3) is 0 Å². The van der Waals surface area contributed by atoms with Crippen LogP contribution in [0.15, 0.2) is 21.2 Å². The minimum atomic E-state index is 0.354. The maximum Gasteiger partial charge on any atom is 0.135 e. The van der Waals surface area contributed by atoms with Gasteiger partial charge in [-0.1, -0.05) is 19.8 Å². The van der Waals surface area contributed by atoms with E-state index >= 15 is 0 Å². The highest BCUT2D eigenvalue weighted by Crippen LogP contribution is 2.39. The maximum atomic E-state index is 5.60. The number of hydrogen-bond donors (Lipinski definition) is 1. The number of rotatable bonds is 3. The Morgan fingerprint density at radius 1 is 1.50 bits per heavy atom. The predicted octanol–water partition coefficient (Wildman–Crippen LogP) is 4.13. The van der Waals surface area contributed by atoms with E-state index in [2.05, 4.69) is 28.2 Å². The summed E-state index contributed by atoms with van der Waals surface area (Å²) in [5.74, 6) is 2.61. The van der Waals surface area contributed by atoms with Gasteiger partial charge in [0.15, 0.2) is 0 Å². The molecule has 1 aromatic heterocycles. The lowest BCUT2D eigenvalue weighted by Gasteiger charge is -2.32. The molecule has 1 aromatic rings. The van der Waals surface area contributed by atoms with E-state index in [-0.39, 0.29) is 0 Å². The lowest BCUT2D eigenvalue weighted by atomic mass is 9.78. The van der Waals surface area contributed by atoms with E-state index in [1.807, 2.05) is 13.1 Å². The second-order valence-corrected chi connectivity index (χ2v) is 5.79. The van der Waals surface area contributed by atoms with Crippen LogP contribution in [0.25, 0.3) is 0 Å². The molecular weight excluding hydrogens is 266 g/mol. The molecule has 3 unspecified atom stereocenters. The Balaban J connectivity index is 2.13. The molecule has 2 rings (SSSR count). The third-order valence-electron chi connectivity index (χ3n) is 3.69. The summed E-state index contributed by atoms with van der Waals surface area (Å²) in [6.07, 6.45) is 7.10. The standard InChI is InChI=1S/C13H20BrNO/c1-9-4-3-5-10(8-9)12(15-2)13-11(14)6-7-16-13/h6-7,9-10,12,15H,3-5,8H2,1-2H3. The van der Waals surface area contributed by atoms with Gasteiger partial charge in [-0.2, -0.15) is 0 Å². The smallest absolute Gasteiger partial charge is 0.135 e. The Labute approximate surface area is 106 Å². The van der Waals surface area contributed by atoms with Crippen molar-refractivity contribution in [1.29, 1.82) is 0 Å². The van der Waals surface area contributed by atoms with Gasteiger partial charge in [0.1, 0.15) is 5.76 Å². The van der Waals surface area contributed by atoms with Crippen LogP contribution in [0.1, 0.15) is 44.4 Å². The van der Waals surface area contributed by atoms with E-state index in [0.717, 1.165) is 16.2 Å². The molecular formula is C13H20BrNO. The predicted molar refractivity (Wildman–Crippen MR) is 69.3 cm³/mol. The fourth-order valence-corrected chi connectivity index (χ4v) is 3.34. The zero-order chi connectivity index (χ0) is 11.5. The Morgan fingerprint density at radius 3 is 2.88 bits per heavy atom. The van der Waals surface area contributed by atoms with Gasteiger partial charge in [0.05, 0.1) is 16.8 Å². The highest BCUT2D eigenvalue weighted by molar-refractivity contribution is 9.10. The first-order valence-corrected chi connectivity index (χ1v) is 6.91. The van der Waals surface area contributed by atoms with Crippen molar-refractivity contribution in [2.75, 3.05) is 7.05 Å². The van der Waals surface area contributed by atoms with Crippen LogP contribution in [0.3, 0.4) is 0 Å². The average molecular weight is 286 g/mol. The van der Waals surface area contributed by atoms with Crippen LogP contribution < -0.4 is 5.32 Å². The molecule has 2 nitrogen and oxygen atoms in total. The highest BCUT2D eigenvalue weighted by atomic mass is 79.9. The molecule has 0 aliphatic heterocycles. The molecule has 1 fully saturated rings. The first-order valence-electron chi connectivity index (χ1n) is 6.12. The minimum absolute atomic E-state index is 0.354. The molecule has 3 atom stereocenters. The molecule has 0 spiro atoms. The summed E-state index contributed by atoms with van der Waals surface area (Å²) in [5.41, 5.74) is 0. The average Bonchev–Trinajstić information content (AvgIpc) is 2.67. The molecule has 1 aliphatic rings. The summed E-state index contributed by atoms with van der Waals surface area (Å²) in [6, 6.07) is 2.33. The van der Waals surface area contributed by atoms with Gasteiger partial charge in [0.2, 0.25) is 0 Å². The first kappa shape index (κ1) is 12.2. The van der Waals surface area contributed by atoms with Crippen molar-refractivity contribution in [3.8, 4) is 0 Å². The zero-order valence-corrected chi connectivity index (χ0v) is 11.6. The lowest BCUT2D eigenvalue weighted by Crippen LogP contribution is -2.28. The fourth-order valence-electron chi connectivity index (χ4n) is 2.89. The van der Waals surface area contributed by atoms with Crippen LogP contribution in [-0.2, 0) is 0 Å². The van der Waals surface area contributed by atoms with Crippen molar-refractivity contribution in [3.63, 3.8) is 0 Å². The minimum Gasteiger partial charge on any atom is -0.466 e. The van der Waals surface area contributed by atoms with Crippen LogP contribution in [0.2, 0.25) is 0 Å². The molecule has 0 amide bonds.